The molecule has 0 radical (unpaired) electrons. The van der Waals surface area contributed by atoms with Crippen LogP contribution < -0.4 is 0 Å². The van der Waals surface area contributed by atoms with Crippen LogP contribution in [0, 0.1) is 6.92 Å². The quantitative estimate of drug-likeness (QED) is 0.727. The number of aliphatic carboxylic acids is 1. The summed E-state index contributed by atoms with van der Waals surface area (Å²) in [6, 6.07) is 1.75. The second kappa shape index (κ2) is 3.06. The molecule has 0 spiro atoms. The van der Waals surface area contributed by atoms with Crippen molar-refractivity contribution in [3.8, 4) is 0 Å². The van der Waals surface area contributed by atoms with Crippen molar-refractivity contribution >= 4 is 11.6 Å². The number of nitrogens with zero attached hydrogens (tertiary/aromatic N) is 4. The summed E-state index contributed by atoms with van der Waals surface area (Å²) in [5, 5.41) is 16.2. The molecule has 0 bridgehead atoms. The highest BCUT2D eigenvalue weighted by molar-refractivity contribution is 5.69. The number of aryl methyl sites for hydroxylation is 1. The summed E-state index contributed by atoms with van der Waals surface area (Å²) in [4.78, 5) is 14.5. The number of hydrogen-bond donors (Lipinski definition) is 1. The van der Waals surface area contributed by atoms with Gasteiger partial charge in [0, 0.05) is 11.8 Å². The van der Waals surface area contributed by atoms with Crippen molar-refractivity contribution in [1.29, 1.82) is 0 Å². The van der Waals surface area contributed by atoms with E-state index in [9.17, 15) is 4.79 Å². The van der Waals surface area contributed by atoms with Crippen molar-refractivity contribution in [3.63, 3.8) is 0 Å². The molecule has 72 valence electrons. The molecule has 2 aromatic heterocycles. The second-order valence-corrected chi connectivity index (χ2v) is 2.95. The van der Waals surface area contributed by atoms with Crippen LogP contribution in [0.15, 0.2) is 12.4 Å². The molecule has 0 aliphatic carbocycles. The molecule has 0 saturated heterocycles. The first-order valence-electron chi connectivity index (χ1n) is 4.05. The minimum absolute atomic E-state index is 0.147. The summed E-state index contributed by atoms with van der Waals surface area (Å²) in [6.45, 7) is 1.84. The Morgan fingerprint density at radius 1 is 1.57 bits per heavy atom. The van der Waals surface area contributed by atoms with E-state index < -0.39 is 5.97 Å². The summed E-state index contributed by atoms with van der Waals surface area (Å²) in [5.41, 5.74) is 1.44. The van der Waals surface area contributed by atoms with Crippen molar-refractivity contribution in [1.82, 2.24) is 19.6 Å². The number of fused-ring (bicyclic) bond motifs is 1. The van der Waals surface area contributed by atoms with Gasteiger partial charge in [-0.25, -0.2) is 4.98 Å². The van der Waals surface area contributed by atoms with E-state index in [4.69, 9.17) is 5.11 Å². The van der Waals surface area contributed by atoms with Gasteiger partial charge in [0.05, 0.1) is 0 Å². The third kappa shape index (κ3) is 1.41. The molecule has 2 heterocycles. The topological polar surface area (TPSA) is 80.4 Å². The van der Waals surface area contributed by atoms with Crippen LogP contribution >= 0.6 is 0 Å². The van der Waals surface area contributed by atoms with Gasteiger partial charge in [0.2, 0.25) is 0 Å². The number of carbonyl (C=O) groups is 1. The van der Waals surface area contributed by atoms with Crippen LogP contribution in [0.1, 0.15) is 11.5 Å². The van der Waals surface area contributed by atoms with Crippen LogP contribution in [-0.4, -0.2) is 30.7 Å². The molecule has 0 unspecified atom stereocenters. The maximum Gasteiger partial charge on any atom is 0.311 e. The largest absolute Gasteiger partial charge is 0.481 e. The number of carboxylic acid groups (broad SMARTS) is 1. The SMILES string of the molecule is Cc1cc2nnc(CC(=O)O)n2cn1. The van der Waals surface area contributed by atoms with E-state index in [2.05, 4.69) is 15.2 Å². The number of hydrogen-bond acceptors (Lipinski definition) is 4. The molecule has 0 aromatic carbocycles. The molecule has 2 aromatic rings. The Morgan fingerprint density at radius 2 is 2.36 bits per heavy atom. The molecular formula is C8H8N4O2. The summed E-state index contributed by atoms with van der Waals surface area (Å²) in [5.74, 6) is -0.542. The van der Waals surface area contributed by atoms with Crippen LogP contribution in [0.5, 0.6) is 0 Å². The van der Waals surface area contributed by atoms with Crippen LogP contribution in [0.2, 0.25) is 0 Å². The summed E-state index contributed by atoms with van der Waals surface area (Å²) in [7, 11) is 0. The highest BCUT2D eigenvalue weighted by Gasteiger charge is 2.09. The van der Waals surface area contributed by atoms with Crippen LogP contribution in [0.4, 0.5) is 0 Å². The Hall–Kier alpha value is -1.98. The smallest absolute Gasteiger partial charge is 0.311 e. The average molecular weight is 192 g/mol. The summed E-state index contributed by atoms with van der Waals surface area (Å²) in [6.07, 6.45) is 1.38. The van der Waals surface area contributed by atoms with Gasteiger partial charge in [-0.3, -0.25) is 9.20 Å². The first-order valence-corrected chi connectivity index (χ1v) is 4.05. The molecule has 0 aliphatic heterocycles. The van der Waals surface area contributed by atoms with Gasteiger partial charge in [0.25, 0.3) is 0 Å². The van der Waals surface area contributed by atoms with E-state index in [1.807, 2.05) is 6.92 Å². The zero-order valence-corrected chi connectivity index (χ0v) is 7.51. The average Bonchev–Trinajstić information content (AvgIpc) is 2.47. The van der Waals surface area contributed by atoms with Crippen LogP contribution in [-0.2, 0) is 11.2 Å². The standard InChI is InChI=1S/C8H8N4O2/c1-5-2-6-10-11-7(3-8(13)14)12(6)4-9-5/h2,4H,3H2,1H3,(H,13,14). The summed E-state index contributed by atoms with van der Waals surface area (Å²) >= 11 is 0. The number of rotatable bonds is 2. The molecule has 14 heavy (non-hydrogen) atoms. The second-order valence-electron chi connectivity index (χ2n) is 2.95. The molecule has 6 nitrogen and oxygen atoms in total. The highest BCUT2D eigenvalue weighted by Crippen LogP contribution is 2.04. The van der Waals surface area contributed by atoms with Gasteiger partial charge in [-0.1, -0.05) is 0 Å². The Bertz CT molecular complexity index is 491. The van der Waals surface area contributed by atoms with Gasteiger partial charge >= 0.3 is 5.97 Å². The minimum Gasteiger partial charge on any atom is -0.481 e. The van der Waals surface area contributed by atoms with E-state index >= 15 is 0 Å². The fraction of sp³-hybridized carbons (Fsp3) is 0.250. The molecule has 0 saturated carbocycles. The van der Waals surface area contributed by atoms with Crippen LogP contribution in [0.3, 0.4) is 0 Å². The van der Waals surface area contributed by atoms with Gasteiger partial charge < -0.3 is 5.11 Å². The lowest BCUT2D eigenvalue weighted by atomic mass is 10.4. The maximum atomic E-state index is 10.5. The molecule has 1 N–H and O–H groups in total. The zero-order valence-electron chi connectivity index (χ0n) is 7.51. The van der Waals surface area contributed by atoms with Gasteiger partial charge in [0.15, 0.2) is 5.65 Å². The van der Waals surface area contributed by atoms with E-state index in [0.29, 0.717) is 11.5 Å². The van der Waals surface area contributed by atoms with Crippen molar-refractivity contribution in [2.75, 3.05) is 0 Å². The van der Waals surface area contributed by atoms with Gasteiger partial charge in [-0.15, -0.1) is 10.2 Å². The van der Waals surface area contributed by atoms with E-state index in [1.165, 1.54) is 6.33 Å². The molecule has 0 fully saturated rings. The molecular weight excluding hydrogens is 184 g/mol. The number of aromatic nitrogens is 4. The Morgan fingerprint density at radius 3 is 3.07 bits per heavy atom. The zero-order chi connectivity index (χ0) is 10.1. The van der Waals surface area contributed by atoms with E-state index in [-0.39, 0.29) is 6.42 Å². The van der Waals surface area contributed by atoms with E-state index in [0.717, 1.165) is 5.69 Å². The lowest BCUT2D eigenvalue weighted by Crippen LogP contribution is -2.05. The first kappa shape index (κ1) is 8.61. The van der Waals surface area contributed by atoms with E-state index in [1.54, 1.807) is 10.5 Å². The van der Waals surface area contributed by atoms with Crippen LogP contribution in [0.25, 0.3) is 5.65 Å². The van der Waals surface area contributed by atoms with Crippen molar-refractivity contribution < 1.29 is 9.90 Å². The Balaban J connectivity index is 2.52. The normalized spacial score (nSPS) is 10.6. The van der Waals surface area contributed by atoms with Gasteiger partial charge in [0.1, 0.15) is 18.6 Å². The third-order valence-corrected chi connectivity index (χ3v) is 1.82. The van der Waals surface area contributed by atoms with Crippen molar-refractivity contribution in [3.05, 3.63) is 23.9 Å². The highest BCUT2D eigenvalue weighted by atomic mass is 16.4. The molecule has 0 atom stereocenters. The fourth-order valence-electron chi connectivity index (χ4n) is 1.19. The maximum absolute atomic E-state index is 10.5. The van der Waals surface area contributed by atoms with Gasteiger partial charge in [-0.05, 0) is 6.92 Å². The molecule has 2 rings (SSSR count). The lowest BCUT2D eigenvalue weighted by Gasteiger charge is -1.96. The van der Waals surface area contributed by atoms with Crippen molar-refractivity contribution in [2.45, 2.75) is 13.3 Å². The third-order valence-electron chi connectivity index (χ3n) is 1.82. The molecule has 0 amide bonds. The fourth-order valence-corrected chi connectivity index (χ4v) is 1.19. The Labute approximate surface area is 79.2 Å². The first-order chi connectivity index (χ1) is 6.66. The summed E-state index contributed by atoms with van der Waals surface area (Å²) < 4.78 is 1.57. The van der Waals surface area contributed by atoms with Crippen molar-refractivity contribution in [2.24, 2.45) is 0 Å². The number of carboxylic acids is 1. The monoisotopic (exact) mass is 192 g/mol. The van der Waals surface area contributed by atoms with Gasteiger partial charge in [-0.2, -0.15) is 0 Å². The predicted molar refractivity (Wildman–Crippen MR) is 46.9 cm³/mol. The molecule has 0 aliphatic rings. The lowest BCUT2D eigenvalue weighted by molar-refractivity contribution is -0.136. The predicted octanol–water partition coefficient (Wildman–Crippen LogP) is 0.0598. The minimum atomic E-state index is -0.931. The Kier molecular flexibility index (Phi) is 1.88. The molecule has 6 heteroatoms.